The van der Waals surface area contributed by atoms with Crippen LogP contribution >= 0.6 is 0 Å². The average molecular weight is 169 g/mol. The van der Waals surface area contributed by atoms with Gasteiger partial charge in [-0.05, 0) is 45.6 Å². The van der Waals surface area contributed by atoms with E-state index in [9.17, 15) is 0 Å². The van der Waals surface area contributed by atoms with Gasteiger partial charge in [-0.1, -0.05) is 0 Å². The van der Waals surface area contributed by atoms with Crippen LogP contribution in [0.1, 0.15) is 33.1 Å². The molecule has 1 N–H and O–H groups in total. The largest absolute Gasteiger partial charge is 0.376 e. The van der Waals surface area contributed by atoms with Crippen LogP contribution in [0.25, 0.3) is 0 Å². The lowest BCUT2D eigenvalue weighted by Crippen LogP contribution is -2.42. The first-order valence-electron chi connectivity index (χ1n) is 5.05. The molecule has 70 valence electrons. The summed E-state index contributed by atoms with van der Waals surface area (Å²) in [5.41, 5.74) is 0.203. The number of ether oxygens (including phenoxy) is 1. The number of hydrogen-bond donors (Lipinski definition) is 1. The lowest BCUT2D eigenvalue weighted by atomic mass is 10.00. The van der Waals surface area contributed by atoms with Gasteiger partial charge in [0.25, 0.3) is 0 Å². The van der Waals surface area contributed by atoms with Crippen molar-refractivity contribution in [3.8, 4) is 0 Å². The predicted octanol–water partition coefficient (Wildman–Crippen LogP) is 1.55. The zero-order valence-electron chi connectivity index (χ0n) is 8.10. The molecule has 0 aromatic heterocycles. The van der Waals surface area contributed by atoms with Crippen molar-refractivity contribution in [2.45, 2.75) is 44.8 Å². The summed E-state index contributed by atoms with van der Waals surface area (Å²) in [7, 11) is 0. The molecule has 0 aromatic rings. The third-order valence-corrected chi connectivity index (χ3v) is 3.02. The maximum Gasteiger partial charge on any atom is 0.0763 e. The molecule has 1 heterocycles. The van der Waals surface area contributed by atoms with E-state index in [2.05, 4.69) is 19.2 Å². The second kappa shape index (κ2) is 3.00. The van der Waals surface area contributed by atoms with Gasteiger partial charge in [-0.15, -0.1) is 0 Å². The summed E-state index contributed by atoms with van der Waals surface area (Å²) < 4.78 is 5.88. The van der Waals surface area contributed by atoms with Crippen molar-refractivity contribution in [1.82, 2.24) is 5.32 Å². The fraction of sp³-hybridized carbons (Fsp3) is 1.00. The van der Waals surface area contributed by atoms with Gasteiger partial charge in [-0.3, -0.25) is 0 Å². The Morgan fingerprint density at radius 1 is 1.33 bits per heavy atom. The Bertz CT molecular complexity index is 163. The van der Waals surface area contributed by atoms with E-state index in [1.165, 1.54) is 19.3 Å². The van der Waals surface area contributed by atoms with Crippen molar-refractivity contribution >= 4 is 0 Å². The molecule has 1 aliphatic heterocycles. The molecule has 0 unspecified atom stereocenters. The minimum absolute atomic E-state index is 0.203. The van der Waals surface area contributed by atoms with E-state index < -0.39 is 0 Å². The summed E-state index contributed by atoms with van der Waals surface area (Å²) in [6, 6.07) is 0. The molecule has 2 heteroatoms. The fourth-order valence-corrected chi connectivity index (χ4v) is 1.83. The smallest absolute Gasteiger partial charge is 0.0763 e. The second-order valence-corrected chi connectivity index (χ2v) is 4.70. The third-order valence-electron chi connectivity index (χ3n) is 3.02. The molecule has 2 nitrogen and oxygen atoms in total. The molecule has 12 heavy (non-hydrogen) atoms. The average Bonchev–Trinajstić information content (AvgIpc) is 2.74. The Morgan fingerprint density at radius 3 is 2.58 bits per heavy atom. The van der Waals surface area contributed by atoms with E-state index >= 15 is 0 Å². The SMILES string of the molecule is CC1(C)NCC[C@@H]1OCC1CC1. The molecule has 0 amide bonds. The Hall–Kier alpha value is -0.0800. The number of hydrogen-bond acceptors (Lipinski definition) is 2. The summed E-state index contributed by atoms with van der Waals surface area (Å²) in [5, 5.41) is 3.47. The van der Waals surface area contributed by atoms with Gasteiger partial charge in [-0.2, -0.15) is 0 Å². The highest BCUT2D eigenvalue weighted by Crippen LogP contribution is 2.31. The van der Waals surface area contributed by atoms with E-state index in [-0.39, 0.29) is 5.54 Å². The maximum absolute atomic E-state index is 5.88. The van der Waals surface area contributed by atoms with E-state index in [0.717, 1.165) is 19.1 Å². The maximum atomic E-state index is 5.88. The van der Waals surface area contributed by atoms with Gasteiger partial charge in [0, 0.05) is 12.1 Å². The molecule has 2 aliphatic rings. The van der Waals surface area contributed by atoms with Gasteiger partial charge >= 0.3 is 0 Å². The van der Waals surface area contributed by atoms with Crippen LogP contribution in [0, 0.1) is 5.92 Å². The molecule has 0 spiro atoms. The third kappa shape index (κ3) is 1.80. The van der Waals surface area contributed by atoms with Crippen molar-refractivity contribution in [2.24, 2.45) is 5.92 Å². The van der Waals surface area contributed by atoms with Crippen molar-refractivity contribution in [2.75, 3.05) is 13.2 Å². The molecule has 1 atom stereocenters. The van der Waals surface area contributed by atoms with E-state index in [4.69, 9.17) is 4.74 Å². The Morgan fingerprint density at radius 2 is 2.08 bits per heavy atom. The van der Waals surface area contributed by atoms with Crippen molar-refractivity contribution < 1.29 is 4.74 Å². The van der Waals surface area contributed by atoms with Crippen molar-refractivity contribution in [3.63, 3.8) is 0 Å². The topological polar surface area (TPSA) is 21.3 Å². The second-order valence-electron chi connectivity index (χ2n) is 4.70. The first-order valence-corrected chi connectivity index (χ1v) is 5.05. The van der Waals surface area contributed by atoms with Gasteiger partial charge in [0.1, 0.15) is 0 Å². The Kier molecular flexibility index (Phi) is 2.13. The van der Waals surface area contributed by atoms with Crippen LogP contribution in [-0.4, -0.2) is 24.8 Å². The highest BCUT2D eigenvalue weighted by Gasteiger charge is 2.36. The van der Waals surface area contributed by atoms with Gasteiger partial charge in [0.2, 0.25) is 0 Å². The first-order chi connectivity index (χ1) is 5.68. The van der Waals surface area contributed by atoms with E-state index in [1.54, 1.807) is 0 Å². The molecule has 1 saturated carbocycles. The molecule has 0 radical (unpaired) electrons. The standard InChI is InChI=1S/C10H19NO/c1-10(2)9(5-6-11-10)12-7-8-3-4-8/h8-9,11H,3-7H2,1-2H3/t9-/m0/s1. The van der Waals surface area contributed by atoms with Crippen LogP contribution < -0.4 is 5.32 Å². The summed E-state index contributed by atoms with van der Waals surface area (Å²) in [4.78, 5) is 0. The normalized spacial score (nSPS) is 34.0. The fourth-order valence-electron chi connectivity index (χ4n) is 1.83. The van der Waals surface area contributed by atoms with E-state index in [1.807, 2.05) is 0 Å². The Labute approximate surface area is 74.7 Å². The highest BCUT2D eigenvalue weighted by molar-refractivity contribution is 4.93. The monoisotopic (exact) mass is 169 g/mol. The lowest BCUT2D eigenvalue weighted by molar-refractivity contribution is 0.0145. The predicted molar refractivity (Wildman–Crippen MR) is 49.2 cm³/mol. The molecule has 2 fully saturated rings. The van der Waals surface area contributed by atoms with Gasteiger partial charge in [0.15, 0.2) is 0 Å². The van der Waals surface area contributed by atoms with Crippen LogP contribution in [-0.2, 0) is 4.74 Å². The van der Waals surface area contributed by atoms with Gasteiger partial charge < -0.3 is 10.1 Å². The summed E-state index contributed by atoms with van der Waals surface area (Å²) in [5.74, 6) is 0.890. The lowest BCUT2D eigenvalue weighted by Gasteiger charge is -2.27. The van der Waals surface area contributed by atoms with Gasteiger partial charge in [-0.25, -0.2) is 0 Å². The zero-order valence-corrected chi connectivity index (χ0v) is 8.10. The molecule has 1 saturated heterocycles. The minimum atomic E-state index is 0.203. The summed E-state index contributed by atoms with van der Waals surface area (Å²) in [6.45, 7) is 6.58. The van der Waals surface area contributed by atoms with Crippen LogP contribution in [0.3, 0.4) is 0 Å². The minimum Gasteiger partial charge on any atom is -0.376 e. The van der Waals surface area contributed by atoms with Crippen LogP contribution in [0.5, 0.6) is 0 Å². The molecular formula is C10H19NO. The summed E-state index contributed by atoms with van der Waals surface area (Å²) >= 11 is 0. The molecular weight excluding hydrogens is 150 g/mol. The Balaban J connectivity index is 1.77. The quantitative estimate of drug-likeness (QED) is 0.692. The van der Waals surface area contributed by atoms with Crippen LogP contribution in [0.15, 0.2) is 0 Å². The van der Waals surface area contributed by atoms with E-state index in [0.29, 0.717) is 6.10 Å². The molecule has 0 bridgehead atoms. The van der Waals surface area contributed by atoms with Crippen LogP contribution in [0.2, 0.25) is 0 Å². The van der Waals surface area contributed by atoms with Crippen molar-refractivity contribution in [3.05, 3.63) is 0 Å². The zero-order chi connectivity index (χ0) is 8.60. The van der Waals surface area contributed by atoms with Crippen molar-refractivity contribution in [1.29, 1.82) is 0 Å². The summed E-state index contributed by atoms with van der Waals surface area (Å²) in [6.07, 6.45) is 4.40. The molecule has 0 aromatic carbocycles. The number of rotatable bonds is 3. The van der Waals surface area contributed by atoms with Gasteiger partial charge in [0.05, 0.1) is 6.10 Å². The number of nitrogens with one attached hydrogen (secondary N) is 1. The molecule has 1 aliphatic carbocycles. The highest BCUT2D eigenvalue weighted by atomic mass is 16.5. The molecule has 2 rings (SSSR count). The first kappa shape index (κ1) is 8.52. The van der Waals surface area contributed by atoms with Crippen LogP contribution in [0.4, 0.5) is 0 Å².